The van der Waals surface area contributed by atoms with Crippen molar-refractivity contribution in [3.63, 3.8) is 0 Å². The smallest absolute Gasteiger partial charge is 0.204 e. The molecule has 0 saturated carbocycles. The van der Waals surface area contributed by atoms with Crippen LogP contribution in [-0.4, -0.2) is 12.9 Å². The van der Waals surface area contributed by atoms with Crippen molar-refractivity contribution in [1.29, 1.82) is 0 Å². The monoisotopic (exact) mass is 306 g/mol. The highest BCUT2D eigenvalue weighted by Gasteiger charge is 2.27. The van der Waals surface area contributed by atoms with E-state index in [1.54, 1.807) is 0 Å². The first-order valence-corrected chi connectivity index (χ1v) is 8.66. The zero-order valence-electron chi connectivity index (χ0n) is 15.5. The first-order valence-electron chi connectivity index (χ1n) is 8.66. The summed E-state index contributed by atoms with van der Waals surface area (Å²) in [6.45, 7) is 15.9. The molecule has 0 aliphatic rings. The highest BCUT2D eigenvalue weighted by Crippen LogP contribution is 2.30. The molecule has 0 amide bonds. The van der Waals surface area contributed by atoms with Crippen LogP contribution in [0.5, 0.6) is 5.75 Å². The van der Waals surface area contributed by atoms with Crippen molar-refractivity contribution in [3.05, 3.63) is 29.8 Å². The third kappa shape index (κ3) is 6.00. The van der Waals surface area contributed by atoms with Gasteiger partial charge in [-0.25, -0.2) is 0 Å². The highest BCUT2D eigenvalue weighted by atomic mass is 16.7. The quantitative estimate of drug-likeness (QED) is 0.547. The molecule has 2 nitrogen and oxygen atoms in total. The lowest BCUT2D eigenvalue weighted by Crippen LogP contribution is -2.34. The maximum absolute atomic E-state index is 6.05. The average Bonchev–Trinajstić information content (AvgIpc) is 2.44. The van der Waals surface area contributed by atoms with Crippen LogP contribution in [0.2, 0.25) is 0 Å². The molecule has 0 aromatic heterocycles. The molecule has 1 rings (SSSR count). The van der Waals surface area contributed by atoms with Gasteiger partial charge in [-0.2, -0.15) is 0 Å². The summed E-state index contributed by atoms with van der Waals surface area (Å²) in [5.74, 6) is 2.25. The predicted molar refractivity (Wildman–Crippen MR) is 94.4 cm³/mol. The van der Waals surface area contributed by atoms with Crippen molar-refractivity contribution in [2.24, 2.45) is 11.3 Å². The fourth-order valence-electron chi connectivity index (χ4n) is 2.66. The van der Waals surface area contributed by atoms with Gasteiger partial charge in [-0.1, -0.05) is 53.7 Å². The van der Waals surface area contributed by atoms with Crippen molar-refractivity contribution in [2.45, 2.75) is 73.5 Å². The molecule has 22 heavy (non-hydrogen) atoms. The maximum Gasteiger partial charge on any atom is 0.204 e. The van der Waals surface area contributed by atoms with Gasteiger partial charge >= 0.3 is 0 Å². The Labute approximate surface area is 137 Å². The lowest BCUT2D eigenvalue weighted by molar-refractivity contribution is -0.137. The van der Waals surface area contributed by atoms with E-state index in [9.17, 15) is 0 Å². The molecule has 2 atom stereocenters. The molecule has 2 unspecified atom stereocenters. The molecule has 0 aliphatic heterocycles. The number of hydrogen-bond donors (Lipinski definition) is 0. The van der Waals surface area contributed by atoms with Gasteiger partial charge in [0.25, 0.3) is 0 Å². The van der Waals surface area contributed by atoms with Crippen LogP contribution in [0.1, 0.15) is 72.8 Å². The van der Waals surface area contributed by atoms with Gasteiger partial charge < -0.3 is 9.47 Å². The van der Waals surface area contributed by atoms with E-state index in [4.69, 9.17) is 9.47 Å². The van der Waals surface area contributed by atoms with Crippen LogP contribution in [0.15, 0.2) is 24.3 Å². The van der Waals surface area contributed by atoms with E-state index < -0.39 is 0 Å². The number of benzene rings is 1. The van der Waals surface area contributed by atoms with E-state index in [1.165, 1.54) is 18.4 Å². The van der Waals surface area contributed by atoms with Gasteiger partial charge in [0.1, 0.15) is 5.75 Å². The topological polar surface area (TPSA) is 18.5 Å². The van der Waals surface area contributed by atoms with Gasteiger partial charge in [0.15, 0.2) is 0 Å². The van der Waals surface area contributed by atoms with Crippen LogP contribution in [0.3, 0.4) is 0 Å². The van der Waals surface area contributed by atoms with E-state index in [1.807, 2.05) is 6.92 Å². The highest BCUT2D eigenvalue weighted by molar-refractivity contribution is 5.29. The van der Waals surface area contributed by atoms with Crippen LogP contribution in [0.25, 0.3) is 0 Å². The summed E-state index contributed by atoms with van der Waals surface area (Å²) < 4.78 is 11.8. The Kier molecular flexibility index (Phi) is 7.41. The molecule has 0 spiro atoms. The van der Waals surface area contributed by atoms with Gasteiger partial charge in [0.2, 0.25) is 6.29 Å². The van der Waals surface area contributed by atoms with E-state index >= 15 is 0 Å². The van der Waals surface area contributed by atoms with E-state index in [2.05, 4.69) is 65.8 Å². The third-order valence-corrected chi connectivity index (χ3v) is 3.87. The molecule has 1 aromatic carbocycles. The minimum Gasteiger partial charge on any atom is -0.464 e. The molecule has 0 fully saturated rings. The molecular weight excluding hydrogens is 272 g/mol. The molecule has 0 N–H and O–H groups in total. The Morgan fingerprint density at radius 1 is 1.00 bits per heavy atom. The van der Waals surface area contributed by atoms with Gasteiger partial charge in [0.05, 0.1) is 0 Å². The summed E-state index contributed by atoms with van der Waals surface area (Å²) in [6, 6.07) is 8.57. The predicted octanol–water partition coefficient (Wildman–Crippen LogP) is 6.01. The van der Waals surface area contributed by atoms with Crippen molar-refractivity contribution < 1.29 is 9.47 Å². The summed E-state index contributed by atoms with van der Waals surface area (Å²) >= 11 is 0. The normalized spacial score (nSPS) is 14.9. The van der Waals surface area contributed by atoms with Gasteiger partial charge in [-0.15, -0.1) is 0 Å². The lowest BCUT2D eigenvalue weighted by atomic mass is 9.88. The molecule has 2 heteroatoms. The maximum atomic E-state index is 6.05. The van der Waals surface area contributed by atoms with Crippen LogP contribution >= 0.6 is 0 Å². The Hall–Kier alpha value is -1.02. The summed E-state index contributed by atoms with van der Waals surface area (Å²) in [6.07, 6.45) is 2.20. The van der Waals surface area contributed by atoms with E-state index in [0.29, 0.717) is 12.5 Å². The standard InChI is InChI=1S/C20H34O2/c1-8-16(14-15(3)4)17-10-12-18(13-11-17)22-19(21-9-2)20(5,6)7/h10-13,15-16,19H,8-9,14H2,1-7H3. The molecule has 0 bridgehead atoms. The summed E-state index contributed by atoms with van der Waals surface area (Å²) in [4.78, 5) is 0. The molecule has 0 radical (unpaired) electrons. The van der Waals surface area contributed by atoms with Crippen LogP contribution in [0.4, 0.5) is 0 Å². The summed E-state index contributed by atoms with van der Waals surface area (Å²) in [5.41, 5.74) is 1.37. The minimum absolute atomic E-state index is 0.0434. The van der Waals surface area contributed by atoms with E-state index in [-0.39, 0.29) is 11.7 Å². The minimum atomic E-state index is -0.221. The second kappa shape index (κ2) is 8.57. The zero-order valence-corrected chi connectivity index (χ0v) is 15.5. The Balaban J connectivity index is 2.78. The fraction of sp³-hybridized carbons (Fsp3) is 0.700. The second-order valence-corrected chi connectivity index (χ2v) is 7.57. The molecule has 0 heterocycles. The molecule has 126 valence electrons. The van der Waals surface area contributed by atoms with Gasteiger partial charge in [-0.05, 0) is 49.3 Å². The van der Waals surface area contributed by atoms with Crippen LogP contribution in [0, 0.1) is 11.3 Å². The Morgan fingerprint density at radius 3 is 2.00 bits per heavy atom. The molecule has 0 saturated heterocycles. The first kappa shape index (κ1) is 19.0. The zero-order chi connectivity index (χ0) is 16.8. The van der Waals surface area contributed by atoms with Crippen molar-refractivity contribution >= 4 is 0 Å². The van der Waals surface area contributed by atoms with Crippen LogP contribution in [-0.2, 0) is 4.74 Å². The fourth-order valence-corrected chi connectivity index (χ4v) is 2.66. The molecule has 0 aliphatic carbocycles. The first-order chi connectivity index (χ1) is 10.3. The van der Waals surface area contributed by atoms with Crippen molar-refractivity contribution in [3.8, 4) is 5.75 Å². The van der Waals surface area contributed by atoms with Crippen molar-refractivity contribution in [2.75, 3.05) is 6.61 Å². The largest absolute Gasteiger partial charge is 0.464 e. The molecular formula is C20H34O2. The number of hydrogen-bond acceptors (Lipinski definition) is 2. The summed E-state index contributed by atoms with van der Waals surface area (Å²) in [7, 11) is 0. The number of rotatable bonds is 8. The number of ether oxygens (including phenoxy) is 2. The van der Waals surface area contributed by atoms with Crippen molar-refractivity contribution in [1.82, 2.24) is 0 Å². The second-order valence-electron chi connectivity index (χ2n) is 7.57. The lowest BCUT2D eigenvalue weighted by Gasteiger charge is -2.30. The Bertz CT molecular complexity index is 414. The van der Waals surface area contributed by atoms with Crippen LogP contribution < -0.4 is 4.74 Å². The molecule has 1 aromatic rings. The SMILES string of the molecule is CCOC(Oc1ccc(C(CC)CC(C)C)cc1)C(C)(C)C. The van der Waals surface area contributed by atoms with Gasteiger partial charge in [-0.3, -0.25) is 0 Å². The average molecular weight is 306 g/mol. The summed E-state index contributed by atoms with van der Waals surface area (Å²) in [5, 5.41) is 0. The third-order valence-electron chi connectivity index (χ3n) is 3.87. The Morgan fingerprint density at radius 2 is 1.59 bits per heavy atom. The van der Waals surface area contributed by atoms with Gasteiger partial charge in [0, 0.05) is 12.0 Å². The van der Waals surface area contributed by atoms with E-state index in [0.717, 1.165) is 11.7 Å².